The number of aliphatic hydroxyl groups excluding tert-OH is 1. The van der Waals surface area contributed by atoms with Crippen molar-refractivity contribution in [2.75, 3.05) is 0 Å². The minimum absolute atomic E-state index is 0.132. The molecule has 0 saturated carbocycles. The fourth-order valence-electron chi connectivity index (χ4n) is 2.26. The van der Waals surface area contributed by atoms with E-state index in [1.807, 2.05) is 29.6 Å². The molecule has 1 N–H and O–H groups in total. The van der Waals surface area contributed by atoms with Gasteiger partial charge in [0.15, 0.2) is 0 Å². The highest BCUT2D eigenvalue weighted by Gasteiger charge is 2.15. The van der Waals surface area contributed by atoms with Gasteiger partial charge in [-0.15, -0.1) is 11.3 Å². The molecule has 2 aromatic carbocycles. The average Bonchev–Trinajstić information content (AvgIpc) is 2.86. The van der Waals surface area contributed by atoms with Gasteiger partial charge in [0, 0.05) is 17.2 Å². The normalized spacial score (nSPS) is 12.8. The first kappa shape index (κ1) is 13.2. The number of halogens is 2. The molecule has 0 radical (unpaired) electrons. The Morgan fingerprint density at radius 1 is 1.10 bits per heavy atom. The first-order valence-electron chi connectivity index (χ1n) is 6.23. The molecule has 1 aromatic heterocycles. The van der Waals surface area contributed by atoms with Crippen LogP contribution in [0.2, 0.25) is 0 Å². The molecular weight excluding hydrogens is 278 g/mol. The maximum absolute atomic E-state index is 13.6. The Balaban J connectivity index is 1.91. The number of aliphatic hydroxyl groups is 1. The molecular formula is C16H12F2OS. The van der Waals surface area contributed by atoms with Gasteiger partial charge in [0.1, 0.15) is 11.6 Å². The standard InChI is InChI=1S/C16H12F2OS/c17-11-6-5-10(14(18)8-11)7-15(19)13-9-20-16-4-2-1-3-12(13)16/h1-6,8-9,15,19H,7H2. The largest absolute Gasteiger partial charge is 0.388 e. The molecule has 1 unspecified atom stereocenters. The topological polar surface area (TPSA) is 20.2 Å². The van der Waals surface area contributed by atoms with E-state index in [-0.39, 0.29) is 6.42 Å². The summed E-state index contributed by atoms with van der Waals surface area (Å²) < 4.78 is 27.6. The third-order valence-corrected chi connectivity index (χ3v) is 4.28. The Morgan fingerprint density at radius 3 is 2.70 bits per heavy atom. The molecule has 0 bridgehead atoms. The van der Waals surface area contributed by atoms with E-state index in [0.717, 1.165) is 21.7 Å². The van der Waals surface area contributed by atoms with Gasteiger partial charge < -0.3 is 5.11 Å². The molecule has 0 amide bonds. The van der Waals surface area contributed by atoms with Crippen LogP contribution in [-0.2, 0) is 6.42 Å². The highest BCUT2D eigenvalue weighted by atomic mass is 32.1. The van der Waals surface area contributed by atoms with Crippen LogP contribution in [0.15, 0.2) is 47.8 Å². The lowest BCUT2D eigenvalue weighted by Gasteiger charge is -2.11. The number of hydrogen-bond donors (Lipinski definition) is 1. The van der Waals surface area contributed by atoms with Gasteiger partial charge in [-0.25, -0.2) is 8.78 Å². The van der Waals surface area contributed by atoms with Gasteiger partial charge in [-0.2, -0.15) is 0 Å². The van der Waals surface area contributed by atoms with Gasteiger partial charge in [-0.3, -0.25) is 0 Å². The zero-order valence-corrected chi connectivity index (χ0v) is 11.3. The second-order valence-corrected chi connectivity index (χ2v) is 5.55. The lowest BCUT2D eigenvalue weighted by atomic mass is 10.0. The monoisotopic (exact) mass is 290 g/mol. The van der Waals surface area contributed by atoms with Gasteiger partial charge in [-0.05, 0) is 34.0 Å². The number of thiophene rings is 1. The Morgan fingerprint density at radius 2 is 1.90 bits per heavy atom. The van der Waals surface area contributed by atoms with Crippen molar-refractivity contribution in [1.82, 2.24) is 0 Å². The fourth-order valence-corrected chi connectivity index (χ4v) is 3.27. The van der Waals surface area contributed by atoms with Crippen LogP contribution < -0.4 is 0 Å². The summed E-state index contributed by atoms with van der Waals surface area (Å²) in [6.45, 7) is 0. The summed E-state index contributed by atoms with van der Waals surface area (Å²) in [6.07, 6.45) is -0.668. The molecule has 0 aliphatic carbocycles. The van der Waals surface area contributed by atoms with E-state index in [0.29, 0.717) is 5.56 Å². The van der Waals surface area contributed by atoms with Crippen molar-refractivity contribution in [2.45, 2.75) is 12.5 Å². The van der Waals surface area contributed by atoms with Crippen molar-refractivity contribution in [3.05, 3.63) is 70.6 Å². The lowest BCUT2D eigenvalue weighted by Crippen LogP contribution is -2.03. The van der Waals surface area contributed by atoms with E-state index < -0.39 is 17.7 Å². The van der Waals surface area contributed by atoms with Crippen molar-refractivity contribution in [3.63, 3.8) is 0 Å². The van der Waals surface area contributed by atoms with Crippen LogP contribution in [0, 0.1) is 11.6 Å². The highest BCUT2D eigenvalue weighted by molar-refractivity contribution is 7.17. The molecule has 102 valence electrons. The summed E-state index contributed by atoms with van der Waals surface area (Å²) in [6, 6.07) is 11.2. The van der Waals surface area contributed by atoms with Crippen LogP contribution in [0.3, 0.4) is 0 Å². The van der Waals surface area contributed by atoms with Crippen LogP contribution in [-0.4, -0.2) is 5.11 Å². The Labute approximate surface area is 119 Å². The summed E-state index contributed by atoms with van der Waals surface area (Å²) in [4.78, 5) is 0. The van der Waals surface area contributed by atoms with Crippen LogP contribution >= 0.6 is 11.3 Å². The molecule has 1 atom stereocenters. The molecule has 0 aliphatic rings. The summed E-state index contributed by atoms with van der Waals surface area (Å²) in [7, 11) is 0. The van der Waals surface area contributed by atoms with Crippen molar-refractivity contribution in [3.8, 4) is 0 Å². The van der Waals surface area contributed by atoms with Gasteiger partial charge in [0.25, 0.3) is 0 Å². The first-order chi connectivity index (χ1) is 9.65. The number of rotatable bonds is 3. The smallest absolute Gasteiger partial charge is 0.129 e. The van der Waals surface area contributed by atoms with Crippen LogP contribution in [0.1, 0.15) is 17.2 Å². The maximum Gasteiger partial charge on any atom is 0.129 e. The quantitative estimate of drug-likeness (QED) is 0.755. The Hall–Kier alpha value is -1.78. The van der Waals surface area contributed by atoms with E-state index in [1.165, 1.54) is 12.1 Å². The van der Waals surface area contributed by atoms with E-state index in [4.69, 9.17) is 0 Å². The molecule has 3 rings (SSSR count). The molecule has 0 aliphatic heterocycles. The van der Waals surface area contributed by atoms with E-state index in [2.05, 4.69) is 0 Å². The zero-order chi connectivity index (χ0) is 14.1. The molecule has 20 heavy (non-hydrogen) atoms. The summed E-state index contributed by atoms with van der Waals surface area (Å²) >= 11 is 1.55. The third kappa shape index (κ3) is 2.44. The second kappa shape index (κ2) is 5.31. The fraction of sp³-hybridized carbons (Fsp3) is 0.125. The van der Waals surface area contributed by atoms with Crippen molar-refractivity contribution < 1.29 is 13.9 Å². The predicted octanol–water partition coefficient (Wildman–Crippen LogP) is 4.46. The van der Waals surface area contributed by atoms with Crippen molar-refractivity contribution >= 4 is 21.4 Å². The molecule has 1 heterocycles. The molecule has 4 heteroatoms. The maximum atomic E-state index is 13.6. The Kier molecular flexibility index (Phi) is 3.51. The van der Waals surface area contributed by atoms with Crippen LogP contribution in [0.5, 0.6) is 0 Å². The zero-order valence-electron chi connectivity index (χ0n) is 10.5. The highest BCUT2D eigenvalue weighted by Crippen LogP contribution is 2.32. The molecule has 0 fully saturated rings. The predicted molar refractivity (Wildman–Crippen MR) is 76.8 cm³/mol. The summed E-state index contributed by atoms with van der Waals surface area (Å²) in [5.41, 5.74) is 1.10. The van der Waals surface area contributed by atoms with Crippen molar-refractivity contribution in [2.24, 2.45) is 0 Å². The molecule has 3 aromatic rings. The van der Waals surface area contributed by atoms with Gasteiger partial charge in [-0.1, -0.05) is 24.3 Å². The van der Waals surface area contributed by atoms with Gasteiger partial charge in [0.2, 0.25) is 0 Å². The summed E-state index contributed by atoms with van der Waals surface area (Å²) in [5.74, 6) is -1.23. The first-order valence-corrected chi connectivity index (χ1v) is 7.11. The molecule has 1 nitrogen and oxygen atoms in total. The average molecular weight is 290 g/mol. The third-order valence-electron chi connectivity index (χ3n) is 3.30. The summed E-state index contributed by atoms with van der Waals surface area (Å²) in [5, 5.41) is 13.2. The van der Waals surface area contributed by atoms with E-state index >= 15 is 0 Å². The number of fused-ring (bicyclic) bond motifs is 1. The Bertz CT molecular complexity index is 751. The lowest BCUT2D eigenvalue weighted by molar-refractivity contribution is 0.179. The van der Waals surface area contributed by atoms with Gasteiger partial charge >= 0.3 is 0 Å². The second-order valence-electron chi connectivity index (χ2n) is 4.64. The van der Waals surface area contributed by atoms with E-state index in [1.54, 1.807) is 11.3 Å². The number of benzene rings is 2. The minimum Gasteiger partial charge on any atom is -0.388 e. The number of hydrogen-bond acceptors (Lipinski definition) is 2. The van der Waals surface area contributed by atoms with E-state index in [9.17, 15) is 13.9 Å². The van der Waals surface area contributed by atoms with Gasteiger partial charge in [0.05, 0.1) is 6.10 Å². The van der Waals surface area contributed by atoms with Crippen LogP contribution in [0.4, 0.5) is 8.78 Å². The van der Waals surface area contributed by atoms with Crippen molar-refractivity contribution in [1.29, 1.82) is 0 Å². The van der Waals surface area contributed by atoms with Crippen LogP contribution in [0.25, 0.3) is 10.1 Å². The molecule has 0 saturated heterocycles. The minimum atomic E-state index is -0.800. The molecule has 0 spiro atoms. The SMILES string of the molecule is OC(Cc1ccc(F)cc1F)c1csc2ccccc12.